The number of amides is 1. The lowest BCUT2D eigenvalue weighted by atomic mass is 10.2. The van der Waals surface area contributed by atoms with E-state index in [9.17, 15) is 19.1 Å². The summed E-state index contributed by atoms with van der Waals surface area (Å²) in [5.41, 5.74) is 6.58. The number of rotatable bonds is 10. The van der Waals surface area contributed by atoms with Gasteiger partial charge in [-0.05, 0) is 55.9 Å². The van der Waals surface area contributed by atoms with Crippen LogP contribution in [0.5, 0.6) is 11.5 Å². The van der Waals surface area contributed by atoms with Gasteiger partial charge in [-0.15, -0.1) is 0 Å². The van der Waals surface area contributed by atoms with Crippen molar-refractivity contribution in [1.29, 1.82) is 0 Å². The highest BCUT2D eigenvalue weighted by Gasteiger charge is 2.23. The van der Waals surface area contributed by atoms with Crippen molar-refractivity contribution in [3.63, 3.8) is 0 Å². The van der Waals surface area contributed by atoms with Crippen molar-refractivity contribution in [2.45, 2.75) is 26.8 Å². The average Bonchev–Trinajstić information content (AvgIpc) is 2.83. The normalized spacial score (nSPS) is 11.6. The molecule has 0 saturated carbocycles. The number of nitrogens with zero attached hydrogens (tertiary/aromatic N) is 3. The molecule has 3 N–H and O–H groups in total. The molecule has 188 valence electrons. The fraction of sp³-hybridized carbons (Fsp3) is 0.200. The zero-order chi connectivity index (χ0) is 26.2. The van der Waals surface area contributed by atoms with E-state index in [1.54, 1.807) is 32.0 Å². The van der Waals surface area contributed by atoms with Crippen LogP contribution < -0.4 is 10.5 Å². The lowest BCUT2D eigenvalue weighted by Gasteiger charge is -2.22. The Labute approximate surface area is 217 Å². The van der Waals surface area contributed by atoms with Crippen molar-refractivity contribution < 1.29 is 23.8 Å². The van der Waals surface area contributed by atoms with E-state index < -0.39 is 10.9 Å². The van der Waals surface area contributed by atoms with Gasteiger partial charge in [0.1, 0.15) is 34.5 Å². The molecule has 11 heteroatoms. The van der Waals surface area contributed by atoms with E-state index >= 15 is 0 Å². The summed E-state index contributed by atoms with van der Waals surface area (Å²) >= 11 is 6.70. The summed E-state index contributed by atoms with van der Waals surface area (Å²) in [5.74, 6) is 0.282. The lowest BCUT2D eigenvalue weighted by molar-refractivity contribution is -0.116. The molecule has 1 aromatic heterocycles. The molecule has 1 heterocycles. The molecule has 2 aromatic carbocycles. The van der Waals surface area contributed by atoms with E-state index in [1.807, 2.05) is 0 Å². The Morgan fingerprint density at radius 1 is 1.31 bits per heavy atom. The molecule has 0 radical (unpaired) electrons. The van der Waals surface area contributed by atoms with Gasteiger partial charge in [0.05, 0.1) is 6.54 Å². The SMILES string of the molecule is CC(=C(CCO)SC(=O)c1c(F)cccc1Oc1cccc(Cl)c1)N(C=O)Cc1cnc(C)nc1N. The zero-order valence-electron chi connectivity index (χ0n) is 19.6. The molecular formula is C25H24ClFN4O4S. The maximum atomic E-state index is 14.8. The highest BCUT2D eigenvalue weighted by Crippen LogP contribution is 2.35. The van der Waals surface area contributed by atoms with Gasteiger partial charge < -0.3 is 20.5 Å². The molecule has 3 aromatic rings. The Kier molecular flexibility index (Phi) is 9.40. The minimum atomic E-state index is -0.773. The average molecular weight is 531 g/mol. The number of aromatic nitrogens is 2. The molecule has 36 heavy (non-hydrogen) atoms. The van der Waals surface area contributed by atoms with Gasteiger partial charge >= 0.3 is 0 Å². The number of hydrogen-bond acceptors (Lipinski definition) is 8. The molecule has 0 unspecified atom stereocenters. The second-order valence-electron chi connectivity index (χ2n) is 7.61. The van der Waals surface area contributed by atoms with Gasteiger partial charge in [-0.1, -0.05) is 23.7 Å². The monoisotopic (exact) mass is 530 g/mol. The van der Waals surface area contributed by atoms with E-state index in [4.69, 9.17) is 22.1 Å². The molecule has 3 rings (SSSR count). The van der Waals surface area contributed by atoms with Crippen molar-refractivity contribution in [2.24, 2.45) is 0 Å². The highest BCUT2D eigenvalue weighted by molar-refractivity contribution is 8.17. The number of nitrogen functional groups attached to an aromatic ring is 1. The van der Waals surface area contributed by atoms with Crippen LogP contribution in [-0.4, -0.2) is 38.1 Å². The van der Waals surface area contributed by atoms with Crippen LogP contribution in [0.25, 0.3) is 0 Å². The van der Waals surface area contributed by atoms with Crippen molar-refractivity contribution in [1.82, 2.24) is 14.9 Å². The van der Waals surface area contributed by atoms with Gasteiger partial charge in [0.25, 0.3) is 0 Å². The van der Waals surface area contributed by atoms with E-state index in [2.05, 4.69) is 9.97 Å². The number of hydrogen-bond donors (Lipinski definition) is 2. The van der Waals surface area contributed by atoms with Crippen molar-refractivity contribution >= 4 is 40.7 Å². The van der Waals surface area contributed by atoms with Crippen molar-refractivity contribution in [3.05, 3.63) is 87.1 Å². The molecule has 0 atom stereocenters. The Hall–Kier alpha value is -3.47. The summed E-state index contributed by atoms with van der Waals surface area (Å²) in [6.45, 7) is 3.07. The molecule has 0 bridgehead atoms. The fourth-order valence-corrected chi connectivity index (χ4v) is 4.39. The van der Waals surface area contributed by atoms with E-state index in [0.717, 1.165) is 6.07 Å². The molecule has 8 nitrogen and oxygen atoms in total. The number of aliphatic hydroxyl groups excluding tert-OH is 1. The molecule has 1 amide bonds. The number of halogens is 2. The first-order valence-electron chi connectivity index (χ1n) is 10.8. The summed E-state index contributed by atoms with van der Waals surface area (Å²) in [7, 11) is 0. The third-order valence-corrected chi connectivity index (χ3v) is 6.45. The van der Waals surface area contributed by atoms with Gasteiger partial charge in [-0.25, -0.2) is 14.4 Å². The topological polar surface area (TPSA) is 119 Å². The number of carbonyl (C=O) groups is 2. The largest absolute Gasteiger partial charge is 0.456 e. The van der Waals surface area contributed by atoms with Crippen LogP contribution in [0.2, 0.25) is 5.02 Å². The predicted octanol–water partition coefficient (Wildman–Crippen LogP) is 5.10. The number of aliphatic hydroxyl groups is 1. The number of aryl methyl sites for hydroxylation is 1. The Bertz CT molecular complexity index is 1300. The first-order valence-corrected chi connectivity index (χ1v) is 12.0. The number of carbonyl (C=O) groups excluding carboxylic acids is 2. The molecule has 0 saturated heterocycles. The molecule has 0 aliphatic carbocycles. The summed E-state index contributed by atoms with van der Waals surface area (Å²) in [5, 5.41) is 9.37. The maximum Gasteiger partial charge on any atom is 0.230 e. The summed E-state index contributed by atoms with van der Waals surface area (Å²) in [4.78, 5) is 35.0. The maximum absolute atomic E-state index is 14.8. The molecule has 0 spiro atoms. The van der Waals surface area contributed by atoms with E-state index in [-0.39, 0.29) is 36.7 Å². The lowest BCUT2D eigenvalue weighted by Crippen LogP contribution is -2.22. The number of thioether (sulfide) groups is 1. The quantitative estimate of drug-likeness (QED) is 0.348. The number of ether oxygens (including phenoxy) is 1. The Balaban J connectivity index is 1.91. The number of anilines is 1. The van der Waals surface area contributed by atoms with Crippen LogP contribution in [0, 0.1) is 12.7 Å². The van der Waals surface area contributed by atoms with Crippen molar-refractivity contribution in [2.75, 3.05) is 12.3 Å². The van der Waals surface area contributed by atoms with Gasteiger partial charge in [0.2, 0.25) is 11.5 Å². The standard InChI is InChI=1S/C25H24ClFN4O4S/c1-15(31(14-33)13-17-12-29-16(2)30-24(17)28)22(9-10-32)36-25(34)23-20(27)7-4-8-21(23)35-19-6-3-5-18(26)11-19/h3-8,11-12,14,32H,9-10,13H2,1-2H3,(H2,28,29,30). The van der Waals surface area contributed by atoms with Crippen LogP contribution in [0.4, 0.5) is 10.2 Å². The minimum Gasteiger partial charge on any atom is -0.456 e. The highest BCUT2D eigenvalue weighted by atomic mass is 35.5. The predicted molar refractivity (Wildman–Crippen MR) is 137 cm³/mol. The third-order valence-electron chi connectivity index (χ3n) is 5.08. The summed E-state index contributed by atoms with van der Waals surface area (Å²) < 4.78 is 20.6. The Morgan fingerprint density at radius 3 is 2.72 bits per heavy atom. The first-order chi connectivity index (χ1) is 17.2. The van der Waals surface area contributed by atoms with Crippen LogP contribution in [-0.2, 0) is 11.3 Å². The van der Waals surface area contributed by atoms with Gasteiger partial charge in [-0.2, -0.15) is 0 Å². The zero-order valence-corrected chi connectivity index (χ0v) is 21.1. The second kappa shape index (κ2) is 12.5. The molecule has 0 fully saturated rings. The first kappa shape index (κ1) is 27.1. The van der Waals surface area contributed by atoms with Crippen molar-refractivity contribution in [3.8, 4) is 11.5 Å². The number of benzene rings is 2. The summed E-state index contributed by atoms with van der Waals surface area (Å²) in [6, 6.07) is 10.5. The van der Waals surface area contributed by atoms with E-state index in [0.29, 0.717) is 50.9 Å². The number of nitrogens with two attached hydrogens (primary N) is 1. The molecule has 0 aliphatic rings. The minimum absolute atomic E-state index is 0.00703. The van der Waals surface area contributed by atoms with Gasteiger partial charge in [-0.3, -0.25) is 9.59 Å². The van der Waals surface area contributed by atoms with Gasteiger partial charge in [0, 0.05) is 40.4 Å². The Morgan fingerprint density at radius 2 is 2.06 bits per heavy atom. The fourth-order valence-electron chi connectivity index (χ4n) is 3.23. The van der Waals surface area contributed by atoms with Crippen LogP contribution in [0.15, 0.2) is 59.3 Å². The number of allylic oxidation sites excluding steroid dienone is 1. The molecular weight excluding hydrogens is 507 g/mol. The summed E-state index contributed by atoms with van der Waals surface area (Å²) in [6.07, 6.45) is 2.16. The van der Waals surface area contributed by atoms with Crippen LogP contribution >= 0.6 is 23.4 Å². The smallest absolute Gasteiger partial charge is 0.230 e. The van der Waals surface area contributed by atoms with E-state index in [1.165, 1.54) is 29.3 Å². The van der Waals surface area contributed by atoms with Crippen LogP contribution in [0.1, 0.15) is 35.1 Å². The third kappa shape index (κ3) is 6.81. The van der Waals surface area contributed by atoms with Crippen LogP contribution in [0.3, 0.4) is 0 Å². The second-order valence-corrected chi connectivity index (χ2v) is 9.11. The molecule has 0 aliphatic heterocycles. The van der Waals surface area contributed by atoms with Gasteiger partial charge in [0.15, 0.2) is 0 Å².